The molecule has 23 heteroatoms. The number of ether oxygens (including phenoxy) is 2. The summed E-state index contributed by atoms with van der Waals surface area (Å²) in [4.78, 5) is 52.3. The van der Waals surface area contributed by atoms with E-state index in [9.17, 15) is 9.59 Å². The summed E-state index contributed by atoms with van der Waals surface area (Å²) in [5.74, 6) is 1.71. The minimum absolute atomic E-state index is 0. The van der Waals surface area contributed by atoms with Gasteiger partial charge in [-0.1, -0.05) is 25.7 Å². The van der Waals surface area contributed by atoms with Crippen LogP contribution in [0.2, 0.25) is 0 Å². The Morgan fingerprint density at radius 2 is 1.03 bits per heavy atom. The van der Waals surface area contributed by atoms with Gasteiger partial charge in [0.05, 0.1) is 34.3 Å². The summed E-state index contributed by atoms with van der Waals surface area (Å²) in [5.41, 5.74) is 4.18. The van der Waals surface area contributed by atoms with E-state index in [0.29, 0.717) is 44.0 Å². The Labute approximate surface area is 454 Å². The highest BCUT2D eigenvalue weighted by molar-refractivity contribution is 9.10. The van der Waals surface area contributed by atoms with Gasteiger partial charge in [0.2, 0.25) is 17.8 Å². The Balaban J connectivity index is 0.000000168. The van der Waals surface area contributed by atoms with Gasteiger partial charge in [0, 0.05) is 99.6 Å². The first-order valence-electron chi connectivity index (χ1n) is 24.8. The van der Waals surface area contributed by atoms with Gasteiger partial charge in [0.1, 0.15) is 11.2 Å². The van der Waals surface area contributed by atoms with E-state index in [2.05, 4.69) is 72.5 Å². The molecule has 6 aromatic heterocycles. The Hall–Kier alpha value is -6.95. The predicted octanol–water partition coefficient (Wildman–Crippen LogP) is 8.97. The third kappa shape index (κ3) is 16.5. The maximum absolute atomic E-state index is 12.1. The van der Waals surface area contributed by atoms with Crippen molar-refractivity contribution in [3.63, 3.8) is 0 Å². The number of nitrogens with zero attached hydrogens (tertiary/aromatic N) is 14. The molecule has 0 unspecified atom stereocenters. The van der Waals surface area contributed by atoms with Crippen molar-refractivity contribution in [2.75, 3.05) is 39.3 Å². The molecule has 4 aliphatic rings. The summed E-state index contributed by atoms with van der Waals surface area (Å²) >= 11 is 3.29. The lowest BCUT2D eigenvalue weighted by Crippen LogP contribution is -2.41. The number of hydrogen-bond donors (Lipinski definition) is 1. The molecule has 1 fully saturated rings. The van der Waals surface area contributed by atoms with Crippen LogP contribution in [0.3, 0.4) is 0 Å². The summed E-state index contributed by atoms with van der Waals surface area (Å²) in [7, 11) is -0.314. The van der Waals surface area contributed by atoms with Crippen LogP contribution in [-0.2, 0) is 18.8 Å². The van der Waals surface area contributed by atoms with Crippen LogP contribution in [0.25, 0.3) is 29.0 Å². The minimum Gasteiger partial charge on any atom is -0.444 e. The van der Waals surface area contributed by atoms with Gasteiger partial charge >= 0.3 is 19.3 Å². The quantitative estimate of drug-likeness (QED) is 0.154. The zero-order valence-electron chi connectivity index (χ0n) is 44.4. The van der Waals surface area contributed by atoms with E-state index in [1.165, 1.54) is 5.57 Å². The summed E-state index contributed by atoms with van der Waals surface area (Å²) < 4.78 is 28.8. The minimum atomic E-state index is -0.474. The average Bonchev–Trinajstić information content (AvgIpc) is 4.23. The number of rotatable bonds is 6. The molecule has 0 aliphatic carbocycles. The third-order valence-electron chi connectivity index (χ3n) is 12.1. The van der Waals surface area contributed by atoms with Crippen LogP contribution in [0.5, 0.6) is 0 Å². The van der Waals surface area contributed by atoms with Crippen molar-refractivity contribution in [1.29, 1.82) is 0 Å². The molecule has 0 spiro atoms. The summed E-state index contributed by atoms with van der Waals surface area (Å²) in [5, 5.41) is 15.9. The van der Waals surface area contributed by atoms with E-state index in [1.807, 2.05) is 100.0 Å². The lowest BCUT2D eigenvalue weighted by atomic mass is 9.75. The van der Waals surface area contributed by atoms with Gasteiger partial charge in [-0.3, -0.25) is 0 Å². The molecule has 1 N–H and O–H groups in total. The average molecular weight is 1100 g/mol. The van der Waals surface area contributed by atoms with Crippen LogP contribution in [0.15, 0.2) is 121 Å². The molecule has 0 saturated carbocycles. The second kappa shape index (κ2) is 25.7. The van der Waals surface area contributed by atoms with E-state index in [-0.39, 0.29) is 37.9 Å². The van der Waals surface area contributed by atoms with Crippen molar-refractivity contribution in [1.82, 2.24) is 74.4 Å². The Morgan fingerprint density at radius 3 is 1.39 bits per heavy atom. The maximum atomic E-state index is 12.1. The first-order chi connectivity index (χ1) is 35.6. The Bertz CT molecular complexity index is 2900. The molecule has 0 bridgehead atoms. The second-order valence-electron chi connectivity index (χ2n) is 20.7. The van der Waals surface area contributed by atoms with Crippen LogP contribution >= 0.6 is 15.9 Å². The fourth-order valence-electron chi connectivity index (χ4n) is 7.53. The maximum Gasteiger partial charge on any atom is 0.490 e. The molecule has 10 rings (SSSR count). The van der Waals surface area contributed by atoms with Crippen LogP contribution in [-0.4, -0.2) is 150 Å². The van der Waals surface area contributed by atoms with Crippen molar-refractivity contribution >= 4 is 46.4 Å². The van der Waals surface area contributed by atoms with Crippen LogP contribution < -0.4 is 5.32 Å². The molecule has 21 nitrogen and oxygen atoms in total. The number of halogens is 1. The molecule has 6 aromatic rings. The van der Waals surface area contributed by atoms with Gasteiger partial charge in [-0.2, -0.15) is 15.3 Å². The van der Waals surface area contributed by atoms with Crippen molar-refractivity contribution in [2.24, 2.45) is 0 Å². The van der Waals surface area contributed by atoms with Gasteiger partial charge in [0.15, 0.2) is 0 Å². The molecule has 4 aliphatic heterocycles. The van der Waals surface area contributed by atoms with E-state index in [4.69, 9.17) is 18.8 Å². The van der Waals surface area contributed by atoms with E-state index in [1.54, 1.807) is 97.8 Å². The van der Waals surface area contributed by atoms with Gasteiger partial charge < -0.3 is 33.9 Å². The SMILES string of the molecule is Brc1cnn(-c2ncccn2)c1.C.C1=C(c2cnn(-c3ncccn3)c2)CCNC1.CC(C)(C)OC(=O)N1CC=C(B2OC(C)(C)C(C)(C)O2)CC1.CC(C)(C)OC(=O)N1CC=C(c2cnn(-c3ncccn3)c2)CC1. The summed E-state index contributed by atoms with van der Waals surface area (Å²) in [6, 6.07) is 5.33. The zero-order chi connectivity index (χ0) is 53.8. The summed E-state index contributed by atoms with van der Waals surface area (Å²) in [6.07, 6.45) is 29.5. The first-order valence-corrected chi connectivity index (χ1v) is 25.6. The highest BCUT2D eigenvalue weighted by Gasteiger charge is 2.52. The van der Waals surface area contributed by atoms with Gasteiger partial charge in [-0.25, -0.2) is 53.5 Å². The van der Waals surface area contributed by atoms with Gasteiger partial charge in [-0.15, -0.1) is 0 Å². The lowest BCUT2D eigenvalue weighted by Gasteiger charge is -2.32. The monoisotopic (exact) mass is 1100 g/mol. The zero-order valence-corrected chi connectivity index (χ0v) is 46.0. The third-order valence-corrected chi connectivity index (χ3v) is 12.5. The van der Waals surface area contributed by atoms with E-state index >= 15 is 0 Å². The van der Waals surface area contributed by atoms with Crippen LogP contribution in [0.4, 0.5) is 9.59 Å². The molecule has 10 heterocycles. The molecule has 2 amide bonds. The summed E-state index contributed by atoms with van der Waals surface area (Å²) in [6.45, 7) is 23.7. The molecular weight excluding hydrogens is 1030 g/mol. The number of carbonyl (C=O) groups excluding carboxylic acids is 2. The highest BCUT2D eigenvalue weighted by atomic mass is 79.9. The molecule has 76 heavy (non-hydrogen) atoms. The fraction of sp³-hybridized carbons (Fsp3) is 0.453. The molecule has 1 saturated heterocycles. The molecular formula is C53H71BBrN15O6. The topological polar surface area (TPSA) is 220 Å². The number of hydrogen-bond acceptors (Lipinski definition) is 16. The Kier molecular flexibility index (Phi) is 19.7. The molecule has 404 valence electrons. The number of aromatic nitrogens is 12. The number of nitrogens with one attached hydrogen (secondary N) is 1. The van der Waals surface area contributed by atoms with Crippen LogP contribution in [0, 0.1) is 0 Å². The highest BCUT2D eigenvalue weighted by Crippen LogP contribution is 2.39. The largest absolute Gasteiger partial charge is 0.490 e. The smallest absolute Gasteiger partial charge is 0.444 e. The van der Waals surface area contributed by atoms with E-state index < -0.39 is 11.2 Å². The molecule has 0 radical (unpaired) electrons. The first kappa shape index (κ1) is 58.3. The van der Waals surface area contributed by atoms with Crippen molar-refractivity contribution < 1.29 is 28.4 Å². The predicted molar refractivity (Wildman–Crippen MR) is 294 cm³/mol. The Morgan fingerprint density at radius 1 is 0.605 bits per heavy atom. The normalized spacial score (nSPS) is 16.9. The number of amides is 2. The van der Waals surface area contributed by atoms with Crippen molar-refractivity contribution in [2.45, 2.75) is 118 Å². The van der Waals surface area contributed by atoms with E-state index in [0.717, 1.165) is 59.0 Å². The van der Waals surface area contributed by atoms with Gasteiger partial charge in [-0.05, 0) is 146 Å². The standard InChI is InChI=1S/C17H21N5O2.C16H28BNO4.C12H13N5.C7H5BrN4.CH4/c1-17(2,3)24-16(23)21-9-5-13(6-10-21)14-11-20-22(12-14)15-18-7-4-8-19-15;1-14(2,3)20-13(19)18-10-8-12(9-11-18)17-21-15(4,5)16(6,7)22-17;1-4-14-12(15-5-1)17-9-11(8-16-17)10-2-6-13-7-3-10;8-6-4-11-12(5-6)7-9-2-1-3-10-7;/h4-5,7-8,11-12H,6,9-10H2,1-3H3;8H,9-11H2,1-7H3;1-2,4-5,8-9,13H,3,6-7H2;1-5H;1H4. The lowest BCUT2D eigenvalue weighted by molar-refractivity contribution is 0.00578. The van der Waals surface area contributed by atoms with Crippen LogP contribution in [0.1, 0.15) is 107 Å². The molecule has 0 aromatic carbocycles. The molecule has 0 atom stereocenters. The number of carbonyl (C=O) groups is 2. The van der Waals surface area contributed by atoms with Crippen molar-refractivity contribution in [3.05, 3.63) is 132 Å². The second-order valence-corrected chi connectivity index (χ2v) is 21.6. The fourth-order valence-corrected chi connectivity index (χ4v) is 7.81. The van der Waals surface area contributed by atoms with Gasteiger partial charge in [0.25, 0.3) is 0 Å². The van der Waals surface area contributed by atoms with Crippen molar-refractivity contribution in [3.8, 4) is 17.8 Å².